The van der Waals surface area contributed by atoms with Gasteiger partial charge in [0.1, 0.15) is 5.76 Å². The van der Waals surface area contributed by atoms with Gasteiger partial charge < -0.3 is 14.6 Å². The Bertz CT molecular complexity index is 1590. The monoisotopic (exact) mass is 562 g/mol. The molecule has 2 heterocycles. The minimum atomic E-state index is -0.944. The van der Waals surface area contributed by atoms with Crippen molar-refractivity contribution < 1.29 is 24.2 Å². The predicted octanol–water partition coefficient (Wildman–Crippen LogP) is 7.07. The molecule has 200 valence electrons. The van der Waals surface area contributed by atoms with Crippen molar-refractivity contribution in [3.05, 3.63) is 87.9 Å². The number of amides is 1. The lowest BCUT2D eigenvalue weighted by molar-refractivity contribution is -0.132. The number of Topliss-reactive ketones (excluding diaryl/α,β-unsaturated/α-hetero) is 1. The average Bonchev–Trinajstić information content (AvgIpc) is 3.46. The number of halogens is 1. The van der Waals surface area contributed by atoms with Crippen molar-refractivity contribution in [2.24, 2.45) is 0 Å². The first kappa shape index (κ1) is 26.7. The molecule has 39 heavy (non-hydrogen) atoms. The number of carbonyl (C=O) groups is 2. The van der Waals surface area contributed by atoms with E-state index in [4.69, 9.17) is 21.1 Å². The lowest BCUT2D eigenvalue weighted by atomic mass is 9.95. The summed E-state index contributed by atoms with van der Waals surface area (Å²) in [5, 5.41) is 12.3. The zero-order chi connectivity index (χ0) is 27.7. The minimum Gasteiger partial charge on any atom is -0.507 e. The molecular weight excluding hydrogens is 536 g/mol. The summed E-state index contributed by atoms with van der Waals surface area (Å²) in [5.74, 6) is -0.814. The van der Waals surface area contributed by atoms with Gasteiger partial charge in [0.15, 0.2) is 16.6 Å². The fourth-order valence-electron chi connectivity index (χ4n) is 4.50. The van der Waals surface area contributed by atoms with Gasteiger partial charge in [-0.05, 0) is 49.2 Å². The molecule has 1 N–H and O–H groups in total. The van der Waals surface area contributed by atoms with Gasteiger partial charge in [0.05, 0.1) is 35.5 Å². The molecule has 1 aromatic heterocycles. The number of hydrogen-bond acceptors (Lipinski definition) is 7. The Kier molecular flexibility index (Phi) is 7.59. The first-order valence-corrected chi connectivity index (χ1v) is 13.8. The Morgan fingerprint density at radius 1 is 1.08 bits per heavy atom. The van der Waals surface area contributed by atoms with Crippen molar-refractivity contribution in [1.82, 2.24) is 4.98 Å². The van der Waals surface area contributed by atoms with Crippen LogP contribution in [0.25, 0.3) is 16.0 Å². The topological polar surface area (TPSA) is 89.0 Å². The number of hydrogen-bond donors (Lipinski definition) is 1. The molecule has 4 aromatic rings. The number of ketones is 1. The van der Waals surface area contributed by atoms with Crippen LogP contribution in [-0.4, -0.2) is 35.5 Å². The highest BCUT2D eigenvalue weighted by Gasteiger charge is 2.48. The van der Waals surface area contributed by atoms with E-state index in [0.717, 1.165) is 23.1 Å². The summed E-state index contributed by atoms with van der Waals surface area (Å²) in [6.45, 7) is 4.54. The first-order chi connectivity index (χ1) is 18.8. The number of anilines is 1. The lowest BCUT2D eigenvalue weighted by Gasteiger charge is -2.24. The van der Waals surface area contributed by atoms with E-state index >= 15 is 0 Å². The third-order valence-electron chi connectivity index (χ3n) is 6.57. The zero-order valence-corrected chi connectivity index (χ0v) is 23.3. The van der Waals surface area contributed by atoms with Crippen LogP contribution in [0.5, 0.6) is 11.5 Å². The maximum absolute atomic E-state index is 13.5. The number of methoxy groups -OCH3 is 1. The standard InChI is InChI=1S/C30H27ClN2O5S/c1-4-5-14-38-22-13-10-19(15-23(22)37-3)26-25(27(34)18-8-6-17(2)7-9-18)28(35)29(36)33(26)30-32-21-12-11-20(31)16-24(21)39-30/h6-13,15-16,26,34H,4-5,14H2,1-3H3. The first-order valence-electron chi connectivity index (χ1n) is 12.6. The second kappa shape index (κ2) is 11.1. The van der Waals surface area contributed by atoms with E-state index in [1.807, 2.05) is 19.1 Å². The highest BCUT2D eigenvalue weighted by Crippen LogP contribution is 2.46. The maximum atomic E-state index is 13.5. The number of aliphatic hydroxyl groups is 1. The van der Waals surface area contributed by atoms with Gasteiger partial charge in [-0.15, -0.1) is 0 Å². The summed E-state index contributed by atoms with van der Waals surface area (Å²) < 4.78 is 12.3. The highest BCUT2D eigenvalue weighted by atomic mass is 35.5. The molecule has 5 rings (SSSR count). The molecule has 3 aromatic carbocycles. The van der Waals surface area contributed by atoms with Gasteiger partial charge in [0.25, 0.3) is 5.78 Å². The number of unbranched alkanes of at least 4 members (excludes halogenated alkanes) is 1. The van der Waals surface area contributed by atoms with Gasteiger partial charge >= 0.3 is 5.91 Å². The van der Waals surface area contributed by atoms with Crippen molar-refractivity contribution in [2.75, 3.05) is 18.6 Å². The number of thiazole rings is 1. The van der Waals surface area contributed by atoms with Gasteiger partial charge in [-0.2, -0.15) is 0 Å². The molecule has 1 aliphatic heterocycles. The van der Waals surface area contributed by atoms with Gasteiger partial charge in [-0.25, -0.2) is 4.98 Å². The SMILES string of the molecule is CCCCOc1ccc(C2C(=C(O)c3ccc(C)cc3)C(=O)C(=O)N2c2nc3ccc(Cl)cc3s2)cc1OC. The predicted molar refractivity (Wildman–Crippen MR) is 154 cm³/mol. The summed E-state index contributed by atoms with van der Waals surface area (Å²) in [5.41, 5.74) is 2.63. The van der Waals surface area contributed by atoms with Crippen molar-refractivity contribution >= 4 is 55.7 Å². The van der Waals surface area contributed by atoms with Crippen LogP contribution < -0.4 is 14.4 Å². The number of nitrogens with zero attached hydrogens (tertiary/aromatic N) is 2. The van der Waals surface area contributed by atoms with Gasteiger partial charge in [0.2, 0.25) is 0 Å². The van der Waals surface area contributed by atoms with Gasteiger partial charge in [-0.1, -0.05) is 72.2 Å². The molecule has 0 spiro atoms. The fourth-order valence-corrected chi connectivity index (χ4v) is 5.77. The van der Waals surface area contributed by atoms with Gasteiger partial charge in [0, 0.05) is 10.6 Å². The van der Waals surface area contributed by atoms with Crippen LogP contribution in [0.15, 0.2) is 66.2 Å². The number of aliphatic hydroxyl groups excluding tert-OH is 1. The Balaban J connectivity index is 1.68. The van der Waals surface area contributed by atoms with E-state index in [-0.39, 0.29) is 11.3 Å². The molecule has 1 saturated heterocycles. The van der Waals surface area contributed by atoms with Crippen LogP contribution in [0.1, 0.15) is 42.5 Å². The molecule has 1 unspecified atom stereocenters. The van der Waals surface area contributed by atoms with Gasteiger partial charge in [-0.3, -0.25) is 14.5 Å². The fraction of sp³-hybridized carbons (Fsp3) is 0.233. The number of benzene rings is 3. The summed E-state index contributed by atoms with van der Waals surface area (Å²) in [6, 6.07) is 16.7. The van der Waals surface area contributed by atoms with E-state index < -0.39 is 17.7 Å². The van der Waals surface area contributed by atoms with Crippen LogP contribution in [0, 0.1) is 6.92 Å². The van der Waals surface area contributed by atoms with Crippen molar-refractivity contribution in [3.63, 3.8) is 0 Å². The third-order valence-corrected chi connectivity index (χ3v) is 7.83. The van der Waals surface area contributed by atoms with E-state index in [1.165, 1.54) is 23.3 Å². The lowest BCUT2D eigenvalue weighted by Crippen LogP contribution is -2.29. The summed E-state index contributed by atoms with van der Waals surface area (Å²) >= 11 is 7.43. The van der Waals surface area contributed by atoms with E-state index in [2.05, 4.69) is 11.9 Å². The normalized spacial score (nSPS) is 16.7. The van der Waals surface area contributed by atoms with E-state index in [1.54, 1.807) is 48.5 Å². The zero-order valence-electron chi connectivity index (χ0n) is 21.7. The van der Waals surface area contributed by atoms with Crippen LogP contribution in [0.3, 0.4) is 0 Å². The quantitative estimate of drug-likeness (QED) is 0.107. The van der Waals surface area contributed by atoms with Crippen LogP contribution in [0.2, 0.25) is 5.02 Å². The van der Waals surface area contributed by atoms with Crippen LogP contribution in [0.4, 0.5) is 5.13 Å². The van der Waals surface area contributed by atoms with Crippen molar-refractivity contribution in [3.8, 4) is 11.5 Å². The highest BCUT2D eigenvalue weighted by molar-refractivity contribution is 7.22. The number of aromatic nitrogens is 1. The van der Waals surface area contributed by atoms with Crippen LogP contribution >= 0.6 is 22.9 Å². The molecule has 0 radical (unpaired) electrons. The molecule has 1 atom stereocenters. The molecule has 9 heteroatoms. The molecule has 1 amide bonds. The molecule has 0 saturated carbocycles. The number of fused-ring (bicyclic) bond motifs is 1. The van der Waals surface area contributed by atoms with Crippen molar-refractivity contribution in [1.29, 1.82) is 0 Å². The third kappa shape index (κ3) is 5.10. The molecule has 0 aliphatic carbocycles. The number of ether oxygens (including phenoxy) is 2. The van der Waals surface area contributed by atoms with E-state index in [0.29, 0.717) is 44.9 Å². The molecule has 1 fully saturated rings. The Morgan fingerprint density at radius 3 is 2.56 bits per heavy atom. The maximum Gasteiger partial charge on any atom is 0.301 e. The Hall–Kier alpha value is -3.88. The molecule has 0 bridgehead atoms. The smallest absolute Gasteiger partial charge is 0.301 e. The second-order valence-electron chi connectivity index (χ2n) is 9.26. The number of carbonyl (C=O) groups excluding carboxylic acids is 2. The Morgan fingerprint density at radius 2 is 1.85 bits per heavy atom. The second-order valence-corrected chi connectivity index (χ2v) is 10.7. The summed E-state index contributed by atoms with van der Waals surface area (Å²) in [4.78, 5) is 33.0. The minimum absolute atomic E-state index is 0.0251. The average molecular weight is 563 g/mol. The largest absolute Gasteiger partial charge is 0.507 e. The summed E-state index contributed by atoms with van der Waals surface area (Å²) in [7, 11) is 1.53. The van der Waals surface area contributed by atoms with Crippen molar-refractivity contribution in [2.45, 2.75) is 32.7 Å². The number of rotatable bonds is 8. The Labute approximate surface area is 235 Å². The van der Waals surface area contributed by atoms with E-state index in [9.17, 15) is 14.7 Å². The summed E-state index contributed by atoms with van der Waals surface area (Å²) in [6.07, 6.45) is 1.88. The molecule has 7 nitrogen and oxygen atoms in total. The molecule has 1 aliphatic rings. The molecular formula is C30H27ClN2O5S. The number of aryl methyl sites for hydroxylation is 1. The van der Waals surface area contributed by atoms with Crippen LogP contribution in [-0.2, 0) is 9.59 Å².